The Bertz CT molecular complexity index is 516. The van der Waals surface area contributed by atoms with Crippen LogP contribution in [-0.4, -0.2) is 58.9 Å². The highest BCUT2D eigenvalue weighted by Gasteiger charge is 2.26. The highest BCUT2D eigenvalue weighted by atomic mass is 16.5. The van der Waals surface area contributed by atoms with Gasteiger partial charge in [-0.2, -0.15) is 0 Å². The Morgan fingerprint density at radius 3 is 2.71 bits per heavy atom. The van der Waals surface area contributed by atoms with E-state index in [-0.39, 0.29) is 5.91 Å². The number of carbonyl (C=O) groups is 1. The molecule has 1 amide bonds. The van der Waals surface area contributed by atoms with Gasteiger partial charge in [0.1, 0.15) is 26.2 Å². The van der Waals surface area contributed by atoms with Crippen LogP contribution in [0.15, 0.2) is 24.3 Å². The molecule has 24 heavy (non-hydrogen) atoms. The number of hydrogen-bond acceptors (Lipinski definition) is 2. The molecule has 2 rings (SSSR count). The quantitative estimate of drug-likeness (QED) is 0.599. The van der Waals surface area contributed by atoms with E-state index in [0.717, 1.165) is 38.7 Å². The van der Waals surface area contributed by atoms with Crippen molar-refractivity contribution in [1.82, 2.24) is 5.32 Å². The van der Waals surface area contributed by atoms with E-state index in [1.54, 1.807) is 11.9 Å². The fourth-order valence-corrected chi connectivity index (χ4v) is 3.47. The van der Waals surface area contributed by atoms with E-state index >= 15 is 0 Å². The predicted molar refractivity (Wildman–Crippen MR) is 95.4 cm³/mol. The maximum atomic E-state index is 11.6. The Morgan fingerprint density at radius 1 is 1.38 bits per heavy atom. The van der Waals surface area contributed by atoms with Gasteiger partial charge in [0.2, 0.25) is 0 Å². The van der Waals surface area contributed by atoms with Gasteiger partial charge in [0.15, 0.2) is 6.10 Å². The molecule has 0 spiro atoms. The average molecular weight is 335 g/mol. The van der Waals surface area contributed by atoms with Crippen molar-refractivity contribution >= 4 is 5.91 Å². The van der Waals surface area contributed by atoms with Crippen molar-refractivity contribution in [2.45, 2.75) is 26.5 Å². The van der Waals surface area contributed by atoms with Gasteiger partial charge in [-0.3, -0.25) is 4.79 Å². The zero-order chi connectivity index (χ0) is 17.5. The van der Waals surface area contributed by atoms with Crippen molar-refractivity contribution in [3.05, 3.63) is 35.4 Å². The number of rotatable bonds is 7. The molecule has 2 unspecified atom stereocenters. The van der Waals surface area contributed by atoms with Gasteiger partial charge >= 0.3 is 0 Å². The van der Waals surface area contributed by atoms with E-state index < -0.39 is 0 Å². The van der Waals surface area contributed by atoms with E-state index in [1.165, 1.54) is 17.0 Å². The Kier molecular flexibility index (Phi) is 7.21. The summed E-state index contributed by atoms with van der Waals surface area (Å²) in [7, 11) is 3.87. The topological polar surface area (TPSA) is 47.2 Å². The molecule has 1 aromatic carbocycles. The highest BCUT2D eigenvalue weighted by Crippen LogP contribution is 2.03. The number of morpholine rings is 1. The molecule has 1 heterocycles. The number of carbonyl (C=O) groups excluding carboxylic acids is 1. The van der Waals surface area contributed by atoms with Gasteiger partial charge in [-0.1, -0.05) is 26.0 Å². The third-order valence-electron chi connectivity index (χ3n) is 4.55. The molecule has 0 aromatic heterocycles. The summed E-state index contributed by atoms with van der Waals surface area (Å²) < 4.78 is 5.97. The van der Waals surface area contributed by atoms with Crippen LogP contribution in [0.2, 0.25) is 0 Å². The largest absolute Gasteiger partial charge is 0.361 e. The zero-order valence-electron chi connectivity index (χ0n) is 15.5. The molecule has 3 N–H and O–H groups in total. The van der Waals surface area contributed by atoms with Crippen molar-refractivity contribution in [2.75, 3.05) is 46.9 Å². The summed E-state index contributed by atoms with van der Waals surface area (Å²) in [5.41, 5.74) is 1.96. The van der Waals surface area contributed by atoms with E-state index in [4.69, 9.17) is 4.74 Å². The van der Waals surface area contributed by atoms with Gasteiger partial charge in [0.05, 0.1) is 20.2 Å². The maximum Gasteiger partial charge on any atom is 0.251 e. The van der Waals surface area contributed by atoms with E-state index in [1.807, 2.05) is 24.3 Å². The molecule has 3 atom stereocenters. The SMILES string of the molecule is CNC(=O)c1ccc(C[NH+](C)C[C@H]2C[NH+](CC(C)C)CCO2)cc1. The lowest BCUT2D eigenvalue weighted by Gasteiger charge is -2.31. The van der Waals surface area contributed by atoms with Crippen molar-refractivity contribution < 1.29 is 19.3 Å². The molecule has 1 aromatic rings. The number of benzene rings is 1. The van der Waals surface area contributed by atoms with E-state index in [9.17, 15) is 4.79 Å². The first-order chi connectivity index (χ1) is 11.5. The summed E-state index contributed by atoms with van der Waals surface area (Å²) in [5, 5.41) is 2.65. The van der Waals surface area contributed by atoms with Gasteiger partial charge in [-0.25, -0.2) is 0 Å². The van der Waals surface area contributed by atoms with Crippen LogP contribution in [0.1, 0.15) is 29.8 Å². The van der Waals surface area contributed by atoms with Crippen LogP contribution < -0.4 is 15.1 Å². The number of quaternary nitrogens is 2. The van der Waals surface area contributed by atoms with Crippen molar-refractivity contribution in [2.24, 2.45) is 5.92 Å². The van der Waals surface area contributed by atoms with Crippen LogP contribution in [0.5, 0.6) is 0 Å². The van der Waals surface area contributed by atoms with E-state index in [0.29, 0.717) is 11.7 Å². The molecule has 1 aliphatic heterocycles. The molecule has 5 nitrogen and oxygen atoms in total. The summed E-state index contributed by atoms with van der Waals surface area (Å²) >= 11 is 0. The second kappa shape index (κ2) is 9.16. The minimum absolute atomic E-state index is 0.0360. The fraction of sp³-hybridized carbons (Fsp3) is 0.632. The lowest BCUT2D eigenvalue weighted by Crippen LogP contribution is -3.17. The third kappa shape index (κ3) is 5.89. The molecule has 0 radical (unpaired) electrons. The molecular formula is C19H33N3O2+2. The van der Waals surface area contributed by atoms with Crippen LogP contribution in [0, 0.1) is 5.92 Å². The standard InChI is InChI=1S/C19H31N3O2/c1-15(2)11-22-9-10-24-18(14-22)13-21(4)12-16-5-7-17(8-6-16)19(23)20-3/h5-8,15,18H,9-14H2,1-4H3,(H,20,23)/p+2/t18-/m0/s1. The monoisotopic (exact) mass is 335 g/mol. The minimum Gasteiger partial charge on any atom is -0.361 e. The normalized spacial score (nSPS) is 22.4. The Labute approximate surface area is 146 Å². The first kappa shape index (κ1) is 18.9. The van der Waals surface area contributed by atoms with Gasteiger partial charge < -0.3 is 19.9 Å². The third-order valence-corrected chi connectivity index (χ3v) is 4.55. The first-order valence-corrected chi connectivity index (χ1v) is 9.05. The smallest absolute Gasteiger partial charge is 0.251 e. The predicted octanol–water partition coefficient (Wildman–Crippen LogP) is -0.999. The highest BCUT2D eigenvalue weighted by molar-refractivity contribution is 5.93. The molecule has 0 aliphatic carbocycles. The number of nitrogens with one attached hydrogen (secondary N) is 3. The average Bonchev–Trinajstić information content (AvgIpc) is 2.54. The van der Waals surface area contributed by atoms with Gasteiger partial charge in [-0.15, -0.1) is 0 Å². The molecular weight excluding hydrogens is 302 g/mol. The fourth-order valence-electron chi connectivity index (χ4n) is 3.47. The van der Waals surface area contributed by atoms with Crippen molar-refractivity contribution in [1.29, 1.82) is 0 Å². The lowest BCUT2D eigenvalue weighted by atomic mass is 10.1. The van der Waals surface area contributed by atoms with E-state index in [2.05, 4.69) is 26.2 Å². The Balaban J connectivity index is 1.82. The van der Waals surface area contributed by atoms with Crippen LogP contribution in [0.4, 0.5) is 0 Å². The number of likely N-dealkylation sites (N-methyl/N-ethyl adjacent to an activating group) is 1. The summed E-state index contributed by atoms with van der Waals surface area (Å²) in [6.07, 6.45) is 0.345. The summed E-state index contributed by atoms with van der Waals surface area (Å²) in [4.78, 5) is 14.7. The van der Waals surface area contributed by atoms with Gasteiger partial charge in [0.25, 0.3) is 5.91 Å². The lowest BCUT2D eigenvalue weighted by molar-refractivity contribution is -0.932. The molecule has 1 aliphatic rings. The van der Waals surface area contributed by atoms with Gasteiger partial charge in [-0.05, 0) is 12.1 Å². The Morgan fingerprint density at radius 2 is 2.08 bits per heavy atom. The van der Waals surface area contributed by atoms with Crippen molar-refractivity contribution in [3.63, 3.8) is 0 Å². The molecule has 0 bridgehead atoms. The molecule has 1 fully saturated rings. The number of ether oxygens (including phenoxy) is 1. The maximum absolute atomic E-state index is 11.6. The number of hydrogen-bond donors (Lipinski definition) is 3. The zero-order valence-corrected chi connectivity index (χ0v) is 15.5. The molecule has 5 heteroatoms. The van der Waals surface area contributed by atoms with Crippen molar-refractivity contribution in [3.8, 4) is 0 Å². The Hall–Kier alpha value is -1.43. The van der Waals surface area contributed by atoms with Crippen LogP contribution in [-0.2, 0) is 11.3 Å². The first-order valence-electron chi connectivity index (χ1n) is 9.05. The summed E-state index contributed by atoms with van der Waals surface area (Å²) in [6.45, 7) is 10.9. The summed E-state index contributed by atoms with van der Waals surface area (Å²) in [6, 6.07) is 7.89. The molecule has 134 valence electrons. The summed E-state index contributed by atoms with van der Waals surface area (Å²) in [5.74, 6) is 0.703. The number of amides is 1. The van der Waals surface area contributed by atoms with Crippen LogP contribution in [0.3, 0.4) is 0 Å². The van der Waals surface area contributed by atoms with Crippen LogP contribution >= 0.6 is 0 Å². The second-order valence-electron chi connectivity index (χ2n) is 7.41. The molecule has 0 saturated carbocycles. The van der Waals surface area contributed by atoms with Gasteiger partial charge in [0, 0.05) is 24.1 Å². The minimum atomic E-state index is -0.0360. The second-order valence-corrected chi connectivity index (χ2v) is 7.41. The molecule has 1 saturated heterocycles. The van der Waals surface area contributed by atoms with Crippen LogP contribution in [0.25, 0.3) is 0 Å².